The number of aromatic nitrogens is 2. The monoisotopic (exact) mass is 375 g/mol. The smallest absolute Gasteiger partial charge is 0.232 e. The molecule has 5 nitrogen and oxygen atoms in total. The second kappa shape index (κ2) is 7.23. The predicted octanol–water partition coefficient (Wildman–Crippen LogP) is 4.74. The molecule has 28 heavy (non-hydrogen) atoms. The molecule has 5 heteroatoms. The lowest BCUT2D eigenvalue weighted by Crippen LogP contribution is -2.26. The molecular formula is C23H25N3O2. The van der Waals surface area contributed by atoms with E-state index in [-0.39, 0.29) is 11.8 Å². The highest BCUT2D eigenvalue weighted by atomic mass is 16.5. The Morgan fingerprint density at radius 2 is 1.79 bits per heavy atom. The summed E-state index contributed by atoms with van der Waals surface area (Å²) >= 11 is 0. The van der Waals surface area contributed by atoms with Crippen LogP contribution < -0.4 is 4.90 Å². The van der Waals surface area contributed by atoms with Gasteiger partial charge in [0.2, 0.25) is 17.6 Å². The van der Waals surface area contributed by atoms with E-state index < -0.39 is 0 Å². The Bertz CT molecular complexity index is 998. The topological polar surface area (TPSA) is 59.2 Å². The molecule has 0 saturated carbocycles. The van der Waals surface area contributed by atoms with Gasteiger partial charge in [-0.25, -0.2) is 0 Å². The van der Waals surface area contributed by atoms with Crippen molar-refractivity contribution in [1.29, 1.82) is 0 Å². The molecule has 144 valence electrons. The summed E-state index contributed by atoms with van der Waals surface area (Å²) in [5.41, 5.74) is 6.65. The highest BCUT2D eigenvalue weighted by Crippen LogP contribution is 2.35. The molecule has 0 N–H and O–H groups in total. The highest BCUT2D eigenvalue weighted by Gasteiger charge is 2.36. The molecular weight excluding hydrogens is 350 g/mol. The van der Waals surface area contributed by atoms with Gasteiger partial charge in [0.15, 0.2) is 0 Å². The normalized spacial score (nSPS) is 16.8. The summed E-state index contributed by atoms with van der Waals surface area (Å²) in [6.45, 7) is 8.88. The van der Waals surface area contributed by atoms with Crippen molar-refractivity contribution < 1.29 is 9.32 Å². The van der Waals surface area contributed by atoms with Crippen molar-refractivity contribution in [2.45, 2.75) is 46.5 Å². The number of rotatable bonds is 4. The Morgan fingerprint density at radius 3 is 2.43 bits per heavy atom. The third-order valence-corrected chi connectivity index (χ3v) is 5.44. The van der Waals surface area contributed by atoms with Gasteiger partial charge in [-0.05, 0) is 43.9 Å². The van der Waals surface area contributed by atoms with Crippen LogP contribution in [0.4, 0.5) is 5.69 Å². The van der Waals surface area contributed by atoms with Crippen LogP contribution >= 0.6 is 0 Å². The van der Waals surface area contributed by atoms with Crippen LogP contribution in [0.3, 0.4) is 0 Å². The first-order valence-electron chi connectivity index (χ1n) is 9.77. The summed E-state index contributed by atoms with van der Waals surface area (Å²) in [6.07, 6.45) is 1.39. The first kappa shape index (κ1) is 18.4. The van der Waals surface area contributed by atoms with Crippen LogP contribution in [0.2, 0.25) is 0 Å². The fraction of sp³-hybridized carbons (Fsp3) is 0.348. The summed E-state index contributed by atoms with van der Waals surface area (Å²) in [5, 5.41) is 4.14. The van der Waals surface area contributed by atoms with Gasteiger partial charge in [0, 0.05) is 24.2 Å². The maximum atomic E-state index is 12.7. The van der Waals surface area contributed by atoms with Gasteiger partial charge < -0.3 is 9.42 Å². The second-order valence-electron chi connectivity index (χ2n) is 7.66. The molecule has 1 aromatic heterocycles. The molecule has 0 bridgehead atoms. The van der Waals surface area contributed by atoms with Gasteiger partial charge in [0.1, 0.15) is 0 Å². The average Bonchev–Trinajstić information content (AvgIpc) is 3.29. The van der Waals surface area contributed by atoms with E-state index in [9.17, 15) is 4.79 Å². The molecule has 0 radical (unpaired) electrons. The molecule has 4 rings (SSSR count). The van der Waals surface area contributed by atoms with Crippen LogP contribution in [0.25, 0.3) is 11.4 Å². The van der Waals surface area contributed by atoms with E-state index in [1.807, 2.05) is 17.0 Å². The Kier molecular flexibility index (Phi) is 4.75. The van der Waals surface area contributed by atoms with Crippen molar-refractivity contribution in [2.75, 3.05) is 11.4 Å². The molecule has 1 saturated heterocycles. The third-order valence-electron chi connectivity index (χ3n) is 5.44. The highest BCUT2D eigenvalue weighted by molar-refractivity contribution is 5.97. The quantitative estimate of drug-likeness (QED) is 0.660. The molecule has 1 atom stereocenters. The van der Waals surface area contributed by atoms with E-state index in [1.54, 1.807) is 0 Å². The van der Waals surface area contributed by atoms with Crippen molar-refractivity contribution >= 4 is 11.6 Å². The number of hydrogen-bond donors (Lipinski definition) is 0. The number of carbonyl (C=O) groups excluding carboxylic acids is 1. The molecule has 1 aliphatic heterocycles. The molecule has 0 aliphatic carbocycles. The van der Waals surface area contributed by atoms with E-state index in [1.165, 1.54) is 11.1 Å². The van der Waals surface area contributed by atoms with E-state index in [4.69, 9.17) is 4.52 Å². The van der Waals surface area contributed by atoms with Gasteiger partial charge >= 0.3 is 0 Å². The van der Waals surface area contributed by atoms with E-state index in [2.05, 4.69) is 62.1 Å². The van der Waals surface area contributed by atoms with Crippen molar-refractivity contribution in [1.82, 2.24) is 10.1 Å². The van der Waals surface area contributed by atoms with Crippen LogP contribution in [0.5, 0.6) is 0 Å². The maximum Gasteiger partial charge on any atom is 0.232 e. The van der Waals surface area contributed by atoms with E-state index in [0.717, 1.165) is 28.8 Å². The van der Waals surface area contributed by atoms with Crippen molar-refractivity contribution in [2.24, 2.45) is 0 Å². The lowest BCUT2D eigenvalue weighted by molar-refractivity contribution is -0.117. The zero-order chi connectivity index (χ0) is 19.8. The summed E-state index contributed by atoms with van der Waals surface area (Å²) in [6, 6.07) is 12.4. The van der Waals surface area contributed by atoms with Crippen molar-refractivity contribution in [3.05, 3.63) is 64.5 Å². The SMILES string of the molecule is CCc1ccc(-c2noc(C3CC(=O)N(c4c(C)cc(C)cc4C)C3)n2)cc1. The van der Waals surface area contributed by atoms with Gasteiger partial charge in [-0.1, -0.05) is 54.0 Å². The minimum Gasteiger partial charge on any atom is -0.339 e. The average molecular weight is 375 g/mol. The molecule has 3 aromatic rings. The van der Waals surface area contributed by atoms with E-state index >= 15 is 0 Å². The van der Waals surface area contributed by atoms with Crippen LogP contribution in [-0.4, -0.2) is 22.6 Å². The first-order chi connectivity index (χ1) is 13.5. The van der Waals surface area contributed by atoms with Crippen LogP contribution in [0, 0.1) is 20.8 Å². The van der Waals surface area contributed by atoms with Gasteiger partial charge in [0.05, 0.1) is 5.92 Å². The molecule has 1 amide bonds. The molecule has 1 fully saturated rings. The number of aryl methyl sites for hydroxylation is 4. The summed E-state index contributed by atoms with van der Waals surface area (Å²) in [4.78, 5) is 19.2. The lowest BCUT2D eigenvalue weighted by Gasteiger charge is -2.21. The fourth-order valence-corrected chi connectivity index (χ4v) is 4.10. The zero-order valence-corrected chi connectivity index (χ0v) is 16.8. The predicted molar refractivity (Wildman–Crippen MR) is 109 cm³/mol. The standard InChI is InChI=1S/C23H25N3O2/c1-5-17-6-8-18(9-7-17)22-24-23(28-25-22)19-12-20(27)26(13-19)21-15(3)10-14(2)11-16(21)4/h6-11,19H,5,12-13H2,1-4H3. The summed E-state index contributed by atoms with van der Waals surface area (Å²) in [5.74, 6) is 1.13. The number of hydrogen-bond acceptors (Lipinski definition) is 4. The Labute approximate surface area is 165 Å². The molecule has 1 aliphatic rings. The zero-order valence-electron chi connectivity index (χ0n) is 16.8. The van der Waals surface area contributed by atoms with Crippen LogP contribution in [0.15, 0.2) is 40.9 Å². The number of nitrogens with zero attached hydrogens (tertiary/aromatic N) is 3. The Hall–Kier alpha value is -2.95. The minimum absolute atomic E-state index is 0.0798. The number of carbonyl (C=O) groups is 1. The molecule has 1 unspecified atom stereocenters. The molecule has 0 spiro atoms. The van der Waals surface area contributed by atoms with Crippen LogP contribution in [-0.2, 0) is 11.2 Å². The van der Waals surface area contributed by atoms with Crippen molar-refractivity contribution in [3.8, 4) is 11.4 Å². The number of amides is 1. The Balaban J connectivity index is 1.57. The van der Waals surface area contributed by atoms with Gasteiger partial charge in [0.25, 0.3) is 0 Å². The number of anilines is 1. The second-order valence-corrected chi connectivity index (χ2v) is 7.66. The maximum absolute atomic E-state index is 12.7. The number of benzene rings is 2. The summed E-state index contributed by atoms with van der Waals surface area (Å²) < 4.78 is 5.53. The largest absolute Gasteiger partial charge is 0.339 e. The minimum atomic E-state index is -0.0798. The first-order valence-corrected chi connectivity index (χ1v) is 9.77. The Morgan fingerprint density at radius 1 is 1.11 bits per heavy atom. The van der Waals surface area contributed by atoms with Gasteiger partial charge in [-0.2, -0.15) is 4.98 Å². The van der Waals surface area contributed by atoms with E-state index in [0.29, 0.717) is 24.7 Å². The van der Waals surface area contributed by atoms with Gasteiger partial charge in [-0.3, -0.25) is 4.79 Å². The molecule has 2 aromatic carbocycles. The van der Waals surface area contributed by atoms with Crippen molar-refractivity contribution in [3.63, 3.8) is 0 Å². The van der Waals surface area contributed by atoms with Gasteiger partial charge in [-0.15, -0.1) is 0 Å². The molecule has 2 heterocycles. The van der Waals surface area contributed by atoms with Crippen LogP contribution in [0.1, 0.15) is 47.4 Å². The fourth-order valence-electron chi connectivity index (χ4n) is 4.10. The lowest BCUT2D eigenvalue weighted by atomic mass is 10.0. The third kappa shape index (κ3) is 3.33. The summed E-state index contributed by atoms with van der Waals surface area (Å²) in [7, 11) is 0.